The molecule has 174 valence electrons. The van der Waals surface area contributed by atoms with Crippen LogP contribution in [0.4, 0.5) is 5.69 Å². The molecule has 0 radical (unpaired) electrons. The number of amides is 2. The Hall–Kier alpha value is -3.12. The molecule has 0 fully saturated rings. The molecule has 6 N–H and O–H groups in total. The third-order valence-corrected chi connectivity index (χ3v) is 6.64. The SMILES string of the molecule is NCC(=O)NC(Sc1ccccc1)C(=O)NCCNc1cccc2c(S(=O)(=O)O)cccc12. The molecule has 0 saturated carbocycles. The second-order valence-electron chi connectivity index (χ2n) is 6.93. The lowest BCUT2D eigenvalue weighted by atomic mass is 10.1. The van der Waals surface area contributed by atoms with E-state index in [0.717, 1.165) is 4.90 Å². The van der Waals surface area contributed by atoms with Crippen molar-refractivity contribution in [1.29, 1.82) is 0 Å². The number of carbonyl (C=O) groups excluding carboxylic acids is 2. The van der Waals surface area contributed by atoms with E-state index in [9.17, 15) is 22.6 Å². The highest BCUT2D eigenvalue weighted by atomic mass is 32.2. The van der Waals surface area contributed by atoms with Crippen molar-refractivity contribution in [3.05, 3.63) is 66.7 Å². The standard InChI is InChI=1S/C22H24N4O5S2/c23-14-20(27)26-22(32-15-6-2-1-3-7-15)21(28)25-13-12-24-18-10-4-9-17-16(18)8-5-11-19(17)33(29,30)31/h1-11,22,24H,12-14,23H2,(H,25,28)(H,26,27)(H,29,30,31). The Balaban J connectivity index is 1.63. The molecule has 33 heavy (non-hydrogen) atoms. The van der Waals surface area contributed by atoms with E-state index in [1.54, 1.807) is 30.3 Å². The Morgan fingerprint density at radius 2 is 1.64 bits per heavy atom. The zero-order valence-electron chi connectivity index (χ0n) is 17.5. The molecule has 0 aliphatic heterocycles. The van der Waals surface area contributed by atoms with Crippen LogP contribution in [-0.4, -0.2) is 49.8 Å². The highest BCUT2D eigenvalue weighted by molar-refractivity contribution is 8.00. The third kappa shape index (κ3) is 6.68. The van der Waals surface area contributed by atoms with Crippen LogP contribution in [0.1, 0.15) is 0 Å². The van der Waals surface area contributed by atoms with Gasteiger partial charge in [0.15, 0.2) is 5.37 Å². The summed E-state index contributed by atoms with van der Waals surface area (Å²) in [5, 5.41) is 8.69. The molecule has 9 nitrogen and oxygen atoms in total. The van der Waals surface area contributed by atoms with Crippen molar-refractivity contribution in [2.45, 2.75) is 15.2 Å². The van der Waals surface area contributed by atoms with Gasteiger partial charge in [0.25, 0.3) is 16.0 Å². The van der Waals surface area contributed by atoms with Gasteiger partial charge in [-0.3, -0.25) is 14.1 Å². The molecule has 1 unspecified atom stereocenters. The monoisotopic (exact) mass is 488 g/mol. The molecular formula is C22H24N4O5S2. The average molecular weight is 489 g/mol. The number of carbonyl (C=O) groups is 2. The first kappa shape index (κ1) is 24.5. The molecule has 0 aromatic heterocycles. The van der Waals surface area contributed by atoms with Gasteiger partial charge in [0.2, 0.25) is 5.91 Å². The van der Waals surface area contributed by atoms with Crippen molar-refractivity contribution in [2.75, 3.05) is 25.0 Å². The summed E-state index contributed by atoms with van der Waals surface area (Å²) in [6, 6.07) is 18.9. The second-order valence-corrected chi connectivity index (χ2v) is 9.50. The van der Waals surface area contributed by atoms with Gasteiger partial charge in [-0.15, -0.1) is 0 Å². The first-order chi connectivity index (χ1) is 15.8. The van der Waals surface area contributed by atoms with Gasteiger partial charge < -0.3 is 21.7 Å². The number of nitrogens with one attached hydrogen (secondary N) is 3. The van der Waals surface area contributed by atoms with Crippen LogP contribution < -0.4 is 21.7 Å². The van der Waals surface area contributed by atoms with E-state index in [4.69, 9.17) is 5.73 Å². The van der Waals surface area contributed by atoms with E-state index in [0.29, 0.717) is 23.0 Å². The van der Waals surface area contributed by atoms with Crippen LogP contribution in [0.2, 0.25) is 0 Å². The highest BCUT2D eigenvalue weighted by Crippen LogP contribution is 2.28. The Labute approximate surface area is 195 Å². The Morgan fingerprint density at radius 3 is 2.33 bits per heavy atom. The third-order valence-electron chi connectivity index (χ3n) is 4.61. The predicted octanol–water partition coefficient (Wildman–Crippen LogP) is 1.81. The van der Waals surface area contributed by atoms with E-state index in [1.807, 2.05) is 30.3 Å². The van der Waals surface area contributed by atoms with Crippen molar-refractivity contribution in [3.63, 3.8) is 0 Å². The van der Waals surface area contributed by atoms with Crippen LogP contribution in [0.25, 0.3) is 10.8 Å². The maximum Gasteiger partial charge on any atom is 0.295 e. The van der Waals surface area contributed by atoms with E-state index in [1.165, 1.54) is 17.8 Å². The van der Waals surface area contributed by atoms with Gasteiger partial charge in [-0.1, -0.05) is 54.2 Å². The zero-order valence-corrected chi connectivity index (χ0v) is 19.2. The second kappa shape index (κ2) is 11.1. The summed E-state index contributed by atoms with van der Waals surface area (Å²) in [7, 11) is -4.36. The fourth-order valence-corrected chi connectivity index (χ4v) is 4.80. The molecule has 1 atom stereocenters. The van der Waals surface area contributed by atoms with Gasteiger partial charge in [0.05, 0.1) is 6.54 Å². The van der Waals surface area contributed by atoms with E-state index in [2.05, 4.69) is 16.0 Å². The lowest BCUT2D eigenvalue weighted by Crippen LogP contribution is -2.47. The molecule has 2 amide bonds. The van der Waals surface area contributed by atoms with E-state index < -0.39 is 21.4 Å². The normalized spacial score (nSPS) is 12.2. The summed E-state index contributed by atoms with van der Waals surface area (Å²) in [5.74, 6) is -0.818. The molecule has 0 aliphatic rings. The molecule has 3 aromatic carbocycles. The van der Waals surface area contributed by atoms with Crippen LogP contribution in [0.5, 0.6) is 0 Å². The minimum absolute atomic E-state index is 0.173. The zero-order chi connectivity index (χ0) is 23.8. The fourth-order valence-electron chi connectivity index (χ4n) is 3.12. The summed E-state index contributed by atoms with van der Waals surface area (Å²) in [5.41, 5.74) is 6.02. The van der Waals surface area contributed by atoms with Crippen molar-refractivity contribution in [2.24, 2.45) is 5.73 Å². The van der Waals surface area contributed by atoms with E-state index >= 15 is 0 Å². The van der Waals surface area contributed by atoms with Gasteiger partial charge in [0.1, 0.15) is 4.90 Å². The summed E-state index contributed by atoms with van der Waals surface area (Å²) < 4.78 is 32.7. The lowest BCUT2D eigenvalue weighted by molar-refractivity contribution is -0.126. The molecular weight excluding hydrogens is 464 g/mol. The number of rotatable bonds is 10. The first-order valence-corrected chi connectivity index (χ1v) is 12.3. The van der Waals surface area contributed by atoms with Crippen LogP contribution in [0, 0.1) is 0 Å². The number of fused-ring (bicyclic) bond motifs is 1. The minimum Gasteiger partial charge on any atom is -0.383 e. The molecule has 0 bridgehead atoms. The number of thioether (sulfide) groups is 1. The number of nitrogens with two attached hydrogens (primary N) is 1. The van der Waals surface area contributed by atoms with E-state index in [-0.39, 0.29) is 23.9 Å². The van der Waals surface area contributed by atoms with Crippen LogP contribution >= 0.6 is 11.8 Å². The highest BCUT2D eigenvalue weighted by Gasteiger charge is 2.21. The van der Waals surface area contributed by atoms with Gasteiger partial charge in [-0.05, 0) is 24.3 Å². The molecule has 3 rings (SSSR count). The maximum atomic E-state index is 12.7. The van der Waals surface area contributed by atoms with Gasteiger partial charge >= 0.3 is 0 Å². The van der Waals surface area contributed by atoms with Gasteiger partial charge in [0, 0.05) is 34.4 Å². The topological polar surface area (TPSA) is 151 Å². The minimum atomic E-state index is -4.36. The molecule has 0 heterocycles. The summed E-state index contributed by atoms with van der Waals surface area (Å²) in [6.45, 7) is 0.361. The first-order valence-electron chi connectivity index (χ1n) is 10.0. The van der Waals surface area contributed by atoms with Gasteiger partial charge in [-0.2, -0.15) is 8.42 Å². The van der Waals surface area contributed by atoms with Crippen molar-refractivity contribution < 1.29 is 22.6 Å². The summed E-state index contributed by atoms with van der Waals surface area (Å²) in [4.78, 5) is 25.1. The number of hydrogen-bond acceptors (Lipinski definition) is 7. The number of hydrogen-bond donors (Lipinski definition) is 5. The molecule has 0 saturated heterocycles. The maximum absolute atomic E-state index is 12.7. The van der Waals surface area contributed by atoms with Crippen molar-refractivity contribution >= 4 is 50.2 Å². The quantitative estimate of drug-likeness (QED) is 0.125. The van der Waals surface area contributed by atoms with Crippen LogP contribution in [0.3, 0.4) is 0 Å². The van der Waals surface area contributed by atoms with Gasteiger partial charge in [-0.25, -0.2) is 0 Å². The lowest BCUT2D eigenvalue weighted by Gasteiger charge is -2.18. The number of anilines is 1. The molecule has 0 spiro atoms. The van der Waals surface area contributed by atoms with Crippen molar-refractivity contribution in [3.8, 4) is 0 Å². The Kier molecular flexibility index (Phi) is 8.28. The number of benzene rings is 3. The molecule has 3 aromatic rings. The smallest absolute Gasteiger partial charge is 0.295 e. The molecule has 0 aliphatic carbocycles. The van der Waals surface area contributed by atoms with Crippen molar-refractivity contribution in [1.82, 2.24) is 10.6 Å². The Bertz CT molecular complexity index is 1240. The molecule has 11 heteroatoms. The summed E-state index contributed by atoms with van der Waals surface area (Å²) in [6.07, 6.45) is 0. The average Bonchev–Trinajstić information content (AvgIpc) is 2.80. The Morgan fingerprint density at radius 1 is 0.939 bits per heavy atom. The van der Waals surface area contributed by atoms with Crippen LogP contribution in [0.15, 0.2) is 76.5 Å². The fraction of sp³-hybridized carbons (Fsp3) is 0.182. The summed E-state index contributed by atoms with van der Waals surface area (Å²) >= 11 is 1.20. The predicted molar refractivity (Wildman–Crippen MR) is 129 cm³/mol. The van der Waals surface area contributed by atoms with Crippen LogP contribution in [-0.2, 0) is 19.7 Å². The largest absolute Gasteiger partial charge is 0.383 e.